The van der Waals surface area contributed by atoms with Crippen molar-refractivity contribution < 1.29 is 23.7 Å². The van der Waals surface area contributed by atoms with E-state index in [1.165, 1.54) is 0 Å². The van der Waals surface area contributed by atoms with E-state index in [9.17, 15) is 4.79 Å². The Morgan fingerprint density at radius 3 is 2.58 bits per heavy atom. The molecule has 3 rings (SSSR count). The number of ether oxygens (including phenoxy) is 4. The Kier molecular flexibility index (Phi) is 5.51. The van der Waals surface area contributed by atoms with Gasteiger partial charge in [-0.15, -0.1) is 0 Å². The summed E-state index contributed by atoms with van der Waals surface area (Å²) in [6.07, 6.45) is 0.342. The third-order valence-corrected chi connectivity index (χ3v) is 4.31. The Morgan fingerprint density at radius 1 is 1.08 bits per heavy atom. The van der Waals surface area contributed by atoms with Crippen LogP contribution in [0.3, 0.4) is 0 Å². The fourth-order valence-electron chi connectivity index (χ4n) is 2.87. The van der Waals surface area contributed by atoms with Gasteiger partial charge in [0.1, 0.15) is 24.7 Å². The van der Waals surface area contributed by atoms with Crippen molar-refractivity contribution >= 4 is 11.6 Å². The van der Waals surface area contributed by atoms with Crippen molar-refractivity contribution in [1.29, 1.82) is 0 Å². The number of nitrogens with one attached hydrogen (secondary N) is 1. The third kappa shape index (κ3) is 4.02. The largest absolute Gasteiger partial charge is 0.497 e. The summed E-state index contributed by atoms with van der Waals surface area (Å²) in [4.78, 5) is 12.5. The molecule has 0 fully saturated rings. The van der Waals surface area contributed by atoms with Gasteiger partial charge < -0.3 is 24.3 Å². The molecule has 0 bridgehead atoms. The number of hydrogen-bond acceptors (Lipinski definition) is 5. The minimum Gasteiger partial charge on any atom is -0.497 e. The Bertz CT molecular complexity index is 790. The molecule has 1 aliphatic heterocycles. The van der Waals surface area contributed by atoms with Crippen molar-refractivity contribution in [2.24, 2.45) is 0 Å². The topological polar surface area (TPSA) is 66.0 Å². The van der Waals surface area contributed by atoms with Crippen LogP contribution in [0.15, 0.2) is 36.4 Å². The van der Waals surface area contributed by atoms with Gasteiger partial charge in [0, 0.05) is 12.5 Å². The maximum atomic E-state index is 12.5. The van der Waals surface area contributed by atoms with Gasteiger partial charge in [-0.3, -0.25) is 4.79 Å². The summed E-state index contributed by atoms with van der Waals surface area (Å²) in [7, 11) is 3.14. The van der Waals surface area contributed by atoms with Crippen molar-refractivity contribution in [3.05, 3.63) is 42.0 Å². The molecule has 0 spiro atoms. The fraction of sp³-hybridized carbons (Fsp3) is 0.350. The van der Waals surface area contributed by atoms with Gasteiger partial charge in [0.25, 0.3) is 0 Å². The van der Waals surface area contributed by atoms with Crippen molar-refractivity contribution in [3.8, 4) is 23.0 Å². The molecule has 1 N–H and O–H groups in total. The molecule has 26 heavy (non-hydrogen) atoms. The van der Waals surface area contributed by atoms with Gasteiger partial charge in [-0.2, -0.15) is 0 Å². The van der Waals surface area contributed by atoms with E-state index in [2.05, 4.69) is 5.32 Å². The molecule has 0 saturated carbocycles. The van der Waals surface area contributed by atoms with Crippen LogP contribution < -0.4 is 24.3 Å². The standard InChI is InChI=1S/C20H23NO5/c1-13(14-4-7-17-19(11-14)26-9-8-25-17)10-20(22)21-16-6-5-15(23-2)12-18(16)24-3/h4-7,11-13H,8-10H2,1-3H3,(H,21,22). The van der Waals surface area contributed by atoms with E-state index < -0.39 is 0 Å². The van der Waals surface area contributed by atoms with Gasteiger partial charge in [-0.05, 0) is 35.7 Å². The molecule has 0 radical (unpaired) electrons. The van der Waals surface area contributed by atoms with Crippen molar-refractivity contribution in [3.63, 3.8) is 0 Å². The number of fused-ring (bicyclic) bond motifs is 1. The molecule has 0 aromatic heterocycles. The first-order valence-electron chi connectivity index (χ1n) is 8.52. The molecule has 1 heterocycles. The SMILES string of the molecule is COc1ccc(NC(=O)CC(C)c2ccc3c(c2)OCCO3)c(OC)c1. The monoisotopic (exact) mass is 357 g/mol. The molecule has 2 aromatic rings. The molecule has 6 nitrogen and oxygen atoms in total. The average molecular weight is 357 g/mol. The first-order valence-corrected chi connectivity index (χ1v) is 8.52. The Hall–Kier alpha value is -2.89. The zero-order valence-electron chi connectivity index (χ0n) is 15.2. The second-order valence-corrected chi connectivity index (χ2v) is 6.12. The number of benzene rings is 2. The first kappa shape index (κ1) is 17.9. The molecule has 6 heteroatoms. The predicted octanol–water partition coefficient (Wildman–Crippen LogP) is 3.61. The minimum atomic E-state index is -0.0872. The summed E-state index contributed by atoms with van der Waals surface area (Å²) < 4.78 is 21.6. The molecule has 1 aliphatic rings. The van der Waals surface area contributed by atoms with Crippen LogP contribution in [0.1, 0.15) is 24.8 Å². The highest BCUT2D eigenvalue weighted by Crippen LogP contribution is 2.34. The molecule has 1 atom stereocenters. The molecule has 2 aromatic carbocycles. The van der Waals surface area contributed by atoms with Crippen molar-refractivity contribution in [2.45, 2.75) is 19.3 Å². The molecule has 0 saturated heterocycles. The van der Waals surface area contributed by atoms with Crippen LogP contribution in [0.4, 0.5) is 5.69 Å². The van der Waals surface area contributed by atoms with E-state index >= 15 is 0 Å². The van der Waals surface area contributed by atoms with Crippen LogP contribution in [0.25, 0.3) is 0 Å². The van der Waals surface area contributed by atoms with Gasteiger partial charge in [0.15, 0.2) is 11.5 Å². The van der Waals surface area contributed by atoms with Crippen LogP contribution in [-0.2, 0) is 4.79 Å². The summed E-state index contributed by atoms with van der Waals surface area (Å²) >= 11 is 0. The maximum absolute atomic E-state index is 12.5. The van der Waals surface area contributed by atoms with Crippen LogP contribution >= 0.6 is 0 Å². The minimum absolute atomic E-state index is 0.0371. The normalized spacial score (nSPS) is 13.7. The van der Waals surface area contributed by atoms with Gasteiger partial charge in [-0.25, -0.2) is 0 Å². The summed E-state index contributed by atoms with van der Waals surface area (Å²) in [5.74, 6) is 2.66. The van der Waals surface area contributed by atoms with Gasteiger partial charge in [0.2, 0.25) is 5.91 Å². The number of anilines is 1. The van der Waals surface area contributed by atoms with Crippen molar-refractivity contribution in [2.75, 3.05) is 32.8 Å². The van der Waals surface area contributed by atoms with Crippen LogP contribution in [0.5, 0.6) is 23.0 Å². The Morgan fingerprint density at radius 2 is 1.85 bits per heavy atom. The Labute approximate surface area is 153 Å². The molecule has 0 aliphatic carbocycles. The molecular weight excluding hydrogens is 334 g/mol. The average Bonchev–Trinajstić information content (AvgIpc) is 2.67. The lowest BCUT2D eigenvalue weighted by atomic mass is 9.97. The van der Waals surface area contributed by atoms with E-state index in [1.54, 1.807) is 32.4 Å². The quantitative estimate of drug-likeness (QED) is 0.855. The highest BCUT2D eigenvalue weighted by atomic mass is 16.6. The summed E-state index contributed by atoms with van der Waals surface area (Å²) in [6, 6.07) is 11.1. The van der Waals surface area contributed by atoms with Crippen LogP contribution in [-0.4, -0.2) is 33.3 Å². The van der Waals surface area contributed by atoms with Crippen molar-refractivity contribution in [1.82, 2.24) is 0 Å². The number of carbonyl (C=O) groups excluding carboxylic acids is 1. The summed E-state index contributed by atoms with van der Waals surface area (Å²) in [5, 5.41) is 2.90. The smallest absolute Gasteiger partial charge is 0.225 e. The second-order valence-electron chi connectivity index (χ2n) is 6.12. The number of amides is 1. The summed E-state index contributed by atoms with van der Waals surface area (Å²) in [5.41, 5.74) is 1.65. The summed E-state index contributed by atoms with van der Waals surface area (Å²) in [6.45, 7) is 3.12. The zero-order valence-corrected chi connectivity index (χ0v) is 15.2. The van der Waals surface area contributed by atoms with E-state index in [0.717, 1.165) is 17.1 Å². The van der Waals surface area contributed by atoms with E-state index in [-0.39, 0.29) is 11.8 Å². The third-order valence-electron chi connectivity index (χ3n) is 4.31. The van der Waals surface area contributed by atoms with Gasteiger partial charge in [0.05, 0.1) is 19.9 Å². The van der Waals surface area contributed by atoms with E-state index in [1.807, 2.05) is 25.1 Å². The van der Waals surface area contributed by atoms with Gasteiger partial charge in [-0.1, -0.05) is 13.0 Å². The number of rotatable bonds is 6. The molecular formula is C20H23NO5. The number of hydrogen-bond donors (Lipinski definition) is 1. The highest BCUT2D eigenvalue weighted by Gasteiger charge is 2.17. The molecule has 1 amide bonds. The van der Waals surface area contributed by atoms with Crippen LogP contribution in [0, 0.1) is 0 Å². The fourth-order valence-corrected chi connectivity index (χ4v) is 2.87. The maximum Gasteiger partial charge on any atom is 0.225 e. The lowest BCUT2D eigenvalue weighted by Gasteiger charge is -2.20. The number of carbonyl (C=O) groups is 1. The zero-order chi connectivity index (χ0) is 18.5. The van der Waals surface area contributed by atoms with Crippen LogP contribution in [0.2, 0.25) is 0 Å². The first-order chi connectivity index (χ1) is 12.6. The van der Waals surface area contributed by atoms with Gasteiger partial charge >= 0.3 is 0 Å². The lowest BCUT2D eigenvalue weighted by molar-refractivity contribution is -0.116. The van der Waals surface area contributed by atoms with E-state index in [4.69, 9.17) is 18.9 Å². The highest BCUT2D eigenvalue weighted by molar-refractivity contribution is 5.92. The molecule has 1 unspecified atom stereocenters. The molecule has 138 valence electrons. The Balaban J connectivity index is 1.66. The predicted molar refractivity (Wildman–Crippen MR) is 98.6 cm³/mol. The number of methoxy groups -OCH3 is 2. The second kappa shape index (κ2) is 7.99. The lowest BCUT2D eigenvalue weighted by Crippen LogP contribution is -2.17. The van der Waals surface area contributed by atoms with E-state index in [0.29, 0.717) is 36.8 Å².